The van der Waals surface area contributed by atoms with E-state index in [4.69, 9.17) is 14.6 Å². The second-order valence-corrected chi connectivity index (χ2v) is 5.68. The summed E-state index contributed by atoms with van der Waals surface area (Å²) in [4.78, 5) is 23.6. The molecule has 1 heterocycles. The summed E-state index contributed by atoms with van der Waals surface area (Å²) >= 11 is 0. The number of amides is 1. The number of benzene rings is 1. The minimum atomic E-state index is -1.65. The molecule has 0 radical (unpaired) electrons. The van der Waals surface area contributed by atoms with Crippen molar-refractivity contribution in [2.24, 2.45) is 0 Å². The predicted octanol–water partition coefficient (Wildman–Crippen LogP) is 0.948. The quantitative estimate of drug-likeness (QED) is 0.742. The molecule has 7 nitrogen and oxygen atoms in total. The van der Waals surface area contributed by atoms with E-state index in [0.29, 0.717) is 43.8 Å². The molecule has 0 aliphatic carbocycles. The van der Waals surface area contributed by atoms with Gasteiger partial charge in [0.25, 0.3) is 5.91 Å². The Balaban J connectivity index is 2.19. The van der Waals surface area contributed by atoms with E-state index in [-0.39, 0.29) is 6.61 Å². The molecule has 1 aliphatic rings. The largest absolute Gasteiger partial charge is 0.479 e. The average Bonchev–Trinajstić information content (AvgIpc) is 2.58. The van der Waals surface area contributed by atoms with Crippen molar-refractivity contribution in [1.82, 2.24) is 5.32 Å². The summed E-state index contributed by atoms with van der Waals surface area (Å²) in [5.41, 5.74) is 1.12. The maximum Gasteiger partial charge on any atom is 0.334 e. The van der Waals surface area contributed by atoms with E-state index in [1.54, 1.807) is 24.3 Å². The number of hydrogen-bond donors (Lipinski definition) is 3. The molecule has 1 aromatic carbocycles. The van der Waals surface area contributed by atoms with Gasteiger partial charge in [-0.1, -0.05) is 18.2 Å². The van der Waals surface area contributed by atoms with E-state index in [1.165, 1.54) is 0 Å². The fraction of sp³-hybridized carbons (Fsp3) is 0.529. The van der Waals surface area contributed by atoms with Crippen LogP contribution in [0.3, 0.4) is 0 Å². The van der Waals surface area contributed by atoms with Crippen molar-refractivity contribution in [3.05, 3.63) is 35.4 Å². The van der Waals surface area contributed by atoms with Crippen molar-refractivity contribution in [1.29, 1.82) is 0 Å². The van der Waals surface area contributed by atoms with Crippen LogP contribution in [-0.2, 0) is 20.9 Å². The molecule has 0 bridgehead atoms. The Morgan fingerprint density at radius 2 is 1.92 bits per heavy atom. The van der Waals surface area contributed by atoms with Gasteiger partial charge in [-0.15, -0.1) is 0 Å². The first-order valence-electron chi connectivity index (χ1n) is 8.04. The summed E-state index contributed by atoms with van der Waals surface area (Å²) in [6.45, 7) is 1.70. The van der Waals surface area contributed by atoms with Crippen molar-refractivity contribution >= 4 is 11.9 Å². The lowest BCUT2D eigenvalue weighted by atomic mass is 10.0. The maximum atomic E-state index is 12.5. The van der Waals surface area contributed by atoms with E-state index < -0.39 is 24.0 Å². The van der Waals surface area contributed by atoms with Crippen LogP contribution in [0.4, 0.5) is 0 Å². The van der Waals surface area contributed by atoms with Gasteiger partial charge >= 0.3 is 5.97 Å². The van der Waals surface area contributed by atoms with Gasteiger partial charge in [-0.2, -0.15) is 0 Å². The highest BCUT2D eigenvalue weighted by molar-refractivity contribution is 5.96. The number of carbonyl (C=O) groups is 2. The standard InChI is InChI=1S/C17H23NO6/c19-15(17(21)22)14-7-3-4-8-23-9-10-24-11-12-5-1-2-6-13(12)16(20)18-14/h1-2,5-6,14-15,19H,3-4,7-11H2,(H,18,20)(H,21,22)/t14-,15?/m0/s1. The number of ether oxygens (including phenoxy) is 2. The second-order valence-electron chi connectivity index (χ2n) is 5.68. The molecule has 0 aromatic heterocycles. The zero-order chi connectivity index (χ0) is 17.4. The van der Waals surface area contributed by atoms with Crippen molar-refractivity contribution in [3.63, 3.8) is 0 Å². The lowest BCUT2D eigenvalue weighted by molar-refractivity contribution is -0.148. The van der Waals surface area contributed by atoms with Gasteiger partial charge in [0.1, 0.15) is 0 Å². The van der Waals surface area contributed by atoms with Gasteiger partial charge in [0.15, 0.2) is 6.10 Å². The molecular formula is C17H23NO6. The Morgan fingerprint density at radius 1 is 1.17 bits per heavy atom. The molecule has 2 rings (SSSR count). The lowest BCUT2D eigenvalue weighted by Crippen LogP contribution is -2.47. The smallest absolute Gasteiger partial charge is 0.334 e. The van der Waals surface area contributed by atoms with E-state index in [0.717, 1.165) is 6.42 Å². The number of fused-ring (bicyclic) bond motifs is 1. The zero-order valence-corrected chi connectivity index (χ0v) is 13.4. The van der Waals surface area contributed by atoms with E-state index >= 15 is 0 Å². The van der Waals surface area contributed by atoms with Crippen molar-refractivity contribution in [2.45, 2.75) is 38.0 Å². The van der Waals surface area contributed by atoms with Crippen LogP contribution >= 0.6 is 0 Å². The molecule has 1 unspecified atom stereocenters. The fourth-order valence-corrected chi connectivity index (χ4v) is 2.57. The fourth-order valence-electron chi connectivity index (χ4n) is 2.57. The third-order valence-electron chi connectivity index (χ3n) is 3.90. The molecule has 0 saturated carbocycles. The molecule has 132 valence electrons. The van der Waals surface area contributed by atoms with Crippen LogP contribution in [0.25, 0.3) is 0 Å². The highest BCUT2D eigenvalue weighted by atomic mass is 16.5. The van der Waals surface area contributed by atoms with Gasteiger partial charge in [0, 0.05) is 12.2 Å². The maximum absolute atomic E-state index is 12.5. The van der Waals surface area contributed by atoms with Crippen LogP contribution in [0.2, 0.25) is 0 Å². The van der Waals surface area contributed by atoms with Crippen molar-refractivity contribution in [2.75, 3.05) is 19.8 Å². The van der Waals surface area contributed by atoms with E-state index in [1.807, 2.05) is 0 Å². The third-order valence-corrected chi connectivity index (χ3v) is 3.90. The Hall–Kier alpha value is -1.96. The predicted molar refractivity (Wildman–Crippen MR) is 85.7 cm³/mol. The molecule has 0 saturated heterocycles. The highest BCUT2D eigenvalue weighted by Crippen LogP contribution is 2.13. The summed E-state index contributed by atoms with van der Waals surface area (Å²) in [6, 6.07) is 6.11. The van der Waals surface area contributed by atoms with Gasteiger partial charge in [0.05, 0.1) is 25.9 Å². The Bertz CT molecular complexity index is 562. The third kappa shape index (κ3) is 5.30. The van der Waals surface area contributed by atoms with Crippen LogP contribution in [0.5, 0.6) is 0 Å². The molecule has 24 heavy (non-hydrogen) atoms. The first kappa shape index (κ1) is 18.4. The lowest BCUT2D eigenvalue weighted by Gasteiger charge is -2.22. The van der Waals surface area contributed by atoms with Crippen LogP contribution in [0.1, 0.15) is 35.2 Å². The minimum absolute atomic E-state index is 0.263. The van der Waals surface area contributed by atoms with Gasteiger partial charge in [-0.25, -0.2) is 4.79 Å². The first-order valence-corrected chi connectivity index (χ1v) is 8.04. The minimum Gasteiger partial charge on any atom is -0.479 e. The molecule has 1 aromatic rings. The summed E-state index contributed by atoms with van der Waals surface area (Å²) in [5.74, 6) is -1.76. The van der Waals surface area contributed by atoms with Gasteiger partial charge < -0.3 is 25.0 Å². The first-order chi connectivity index (χ1) is 11.6. The monoisotopic (exact) mass is 337 g/mol. The summed E-state index contributed by atoms with van der Waals surface area (Å²) < 4.78 is 11.0. The van der Waals surface area contributed by atoms with Gasteiger partial charge in [-0.05, 0) is 30.9 Å². The topological polar surface area (TPSA) is 105 Å². The molecule has 1 amide bonds. The summed E-state index contributed by atoms with van der Waals surface area (Å²) in [6.07, 6.45) is 0.0695. The van der Waals surface area contributed by atoms with Crippen molar-refractivity contribution < 1.29 is 29.3 Å². The number of aliphatic carboxylic acids is 1. The number of hydrogen-bond acceptors (Lipinski definition) is 5. The van der Waals surface area contributed by atoms with Crippen LogP contribution in [0, 0.1) is 0 Å². The number of nitrogens with one attached hydrogen (secondary N) is 1. The highest BCUT2D eigenvalue weighted by Gasteiger charge is 2.27. The van der Waals surface area contributed by atoms with Crippen molar-refractivity contribution in [3.8, 4) is 0 Å². The molecule has 7 heteroatoms. The molecular weight excluding hydrogens is 314 g/mol. The normalized spacial score (nSPS) is 21.9. The molecule has 3 N–H and O–H groups in total. The Labute approximate surface area is 140 Å². The van der Waals surface area contributed by atoms with Gasteiger partial charge in [-0.3, -0.25) is 4.79 Å². The Kier molecular flexibility index (Phi) is 7.17. The number of rotatable bonds is 2. The molecule has 1 aliphatic heterocycles. The Morgan fingerprint density at radius 3 is 2.71 bits per heavy atom. The number of aliphatic hydroxyl groups is 1. The number of carboxylic acids is 1. The average molecular weight is 337 g/mol. The molecule has 2 atom stereocenters. The van der Waals surface area contributed by atoms with E-state index in [2.05, 4.69) is 5.32 Å². The second kappa shape index (κ2) is 9.36. The van der Waals surface area contributed by atoms with Crippen LogP contribution in [-0.4, -0.2) is 54.1 Å². The summed E-state index contributed by atoms with van der Waals surface area (Å²) in [7, 11) is 0. The van der Waals surface area contributed by atoms with Crippen LogP contribution < -0.4 is 5.32 Å². The number of carbonyl (C=O) groups excluding carboxylic acids is 1. The molecule has 0 spiro atoms. The van der Waals surface area contributed by atoms with Gasteiger partial charge in [0.2, 0.25) is 0 Å². The summed E-state index contributed by atoms with van der Waals surface area (Å²) in [5, 5.41) is 21.5. The SMILES string of the molecule is O=C1N[C@H](C(O)C(=O)O)CCCCOCCOCc2ccccc21. The van der Waals surface area contributed by atoms with E-state index in [9.17, 15) is 14.7 Å². The number of aliphatic hydroxyl groups excluding tert-OH is 1. The van der Waals surface area contributed by atoms with Crippen LogP contribution in [0.15, 0.2) is 24.3 Å². The zero-order valence-electron chi connectivity index (χ0n) is 13.4. The number of carboxylic acid groups (broad SMARTS) is 1. The molecule has 0 fully saturated rings.